The number of nitrogens with zero attached hydrogens (tertiary/aromatic N) is 1. The third-order valence-electron chi connectivity index (χ3n) is 2.96. The van der Waals surface area contributed by atoms with Gasteiger partial charge in [0.1, 0.15) is 11.5 Å². The van der Waals surface area contributed by atoms with Crippen LogP contribution in [0.1, 0.15) is 5.56 Å². The quantitative estimate of drug-likeness (QED) is 0.653. The molecular formula is C15H15N2O4. The average molecular weight is 287 g/mol. The molecule has 0 saturated carbocycles. The Morgan fingerprint density at radius 2 is 2.05 bits per heavy atom. The summed E-state index contributed by atoms with van der Waals surface area (Å²) < 4.78 is 10.4. The minimum atomic E-state index is -0.438. The van der Waals surface area contributed by atoms with E-state index in [0.717, 1.165) is 5.56 Å². The summed E-state index contributed by atoms with van der Waals surface area (Å²) in [5.74, 6) is 1.39. The summed E-state index contributed by atoms with van der Waals surface area (Å²) in [4.78, 5) is 10.3. The van der Waals surface area contributed by atoms with Gasteiger partial charge in [0.05, 0.1) is 19.1 Å². The van der Waals surface area contributed by atoms with Crippen LogP contribution in [-0.4, -0.2) is 19.1 Å². The van der Waals surface area contributed by atoms with Crippen molar-refractivity contribution >= 4 is 11.4 Å². The van der Waals surface area contributed by atoms with E-state index < -0.39 is 4.92 Å². The lowest BCUT2D eigenvalue weighted by Crippen LogP contribution is -2.02. The Kier molecular flexibility index (Phi) is 4.61. The van der Waals surface area contributed by atoms with Crippen LogP contribution >= 0.6 is 0 Å². The summed E-state index contributed by atoms with van der Waals surface area (Å²) in [5, 5.41) is 13.8. The van der Waals surface area contributed by atoms with Gasteiger partial charge in [-0.3, -0.25) is 10.1 Å². The molecule has 21 heavy (non-hydrogen) atoms. The molecular weight excluding hydrogens is 272 g/mol. The molecule has 0 aromatic heterocycles. The highest BCUT2D eigenvalue weighted by atomic mass is 16.6. The second-order valence-electron chi connectivity index (χ2n) is 4.25. The fourth-order valence-electron chi connectivity index (χ4n) is 1.86. The number of nitro groups is 1. The van der Waals surface area contributed by atoms with Gasteiger partial charge < -0.3 is 14.8 Å². The molecule has 0 fully saturated rings. The zero-order valence-corrected chi connectivity index (χ0v) is 11.8. The molecule has 0 saturated heterocycles. The molecule has 2 rings (SSSR count). The Labute approximate surface area is 122 Å². The van der Waals surface area contributed by atoms with Crippen molar-refractivity contribution in [1.29, 1.82) is 0 Å². The molecule has 6 nitrogen and oxygen atoms in total. The molecule has 0 unspecified atom stereocenters. The topological polar surface area (TPSA) is 73.6 Å². The van der Waals surface area contributed by atoms with Gasteiger partial charge in [0.2, 0.25) is 0 Å². The van der Waals surface area contributed by atoms with E-state index in [-0.39, 0.29) is 5.69 Å². The van der Waals surface area contributed by atoms with Crippen LogP contribution in [0, 0.1) is 16.2 Å². The van der Waals surface area contributed by atoms with Crippen LogP contribution in [-0.2, 0) is 6.54 Å². The van der Waals surface area contributed by atoms with Gasteiger partial charge in [0.15, 0.2) is 0 Å². The van der Waals surface area contributed by atoms with Crippen molar-refractivity contribution in [3.05, 3.63) is 58.1 Å². The third-order valence-corrected chi connectivity index (χ3v) is 2.96. The smallest absolute Gasteiger partial charge is 0.271 e. The number of ether oxygens (including phenoxy) is 2. The summed E-state index contributed by atoms with van der Waals surface area (Å²) in [6.45, 7) is 0.463. The maximum Gasteiger partial charge on any atom is 0.271 e. The molecule has 0 aliphatic rings. The van der Waals surface area contributed by atoms with Crippen LogP contribution in [0.2, 0.25) is 0 Å². The van der Waals surface area contributed by atoms with Gasteiger partial charge in [0.25, 0.3) is 5.69 Å². The molecule has 2 aromatic rings. The standard InChI is InChI=1S/C15H15N2O4/c1-20-14-7-6-11(15(9-14)21-2)10-16-12-4-3-5-13(8-12)17(18)19/h3,5-9,16H,10H2,1-2H3. The van der Waals surface area contributed by atoms with Crippen molar-refractivity contribution in [2.24, 2.45) is 0 Å². The summed E-state index contributed by atoms with van der Waals surface area (Å²) in [6.07, 6.45) is 0. The molecule has 0 amide bonds. The Bertz CT molecular complexity index is 643. The number of nitrogens with one attached hydrogen (secondary N) is 1. The fourth-order valence-corrected chi connectivity index (χ4v) is 1.86. The number of rotatable bonds is 6. The molecule has 109 valence electrons. The first kappa shape index (κ1) is 14.6. The number of nitro benzene ring substituents is 1. The Morgan fingerprint density at radius 3 is 2.71 bits per heavy atom. The van der Waals surface area contributed by atoms with Crippen LogP contribution in [0.4, 0.5) is 11.4 Å². The number of benzene rings is 2. The highest BCUT2D eigenvalue weighted by Gasteiger charge is 2.08. The van der Waals surface area contributed by atoms with E-state index in [4.69, 9.17) is 9.47 Å². The minimum Gasteiger partial charge on any atom is -0.497 e. The van der Waals surface area contributed by atoms with Crippen molar-refractivity contribution in [3.63, 3.8) is 0 Å². The van der Waals surface area contributed by atoms with Crippen molar-refractivity contribution < 1.29 is 14.4 Å². The van der Waals surface area contributed by atoms with Gasteiger partial charge in [-0.2, -0.15) is 0 Å². The summed E-state index contributed by atoms with van der Waals surface area (Å²) in [7, 11) is 3.17. The highest BCUT2D eigenvalue weighted by Crippen LogP contribution is 2.25. The van der Waals surface area contributed by atoms with Gasteiger partial charge in [-0.25, -0.2) is 0 Å². The molecule has 0 heterocycles. The molecule has 0 spiro atoms. The molecule has 2 aromatic carbocycles. The second-order valence-corrected chi connectivity index (χ2v) is 4.25. The van der Waals surface area contributed by atoms with Gasteiger partial charge in [-0.05, 0) is 18.2 Å². The lowest BCUT2D eigenvalue weighted by molar-refractivity contribution is -0.384. The van der Waals surface area contributed by atoms with E-state index in [9.17, 15) is 10.1 Å². The number of non-ortho nitro benzene ring substituents is 1. The number of hydrogen-bond donors (Lipinski definition) is 1. The fraction of sp³-hybridized carbons (Fsp3) is 0.200. The molecule has 0 bridgehead atoms. The zero-order chi connectivity index (χ0) is 15.2. The van der Waals surface area contributed by atoms with Gasteiger partial charge in [-0.1, -0.05) is 0 Å². The summed E-state index contributed by atoms with van der Waals surface area (Å²) in [6, 6.07) is 12.8. The molecule has 0 aliphatic carbocycles. The maximum atomic E-state index is 10.7. The maximum absolute atomic E-state index is 10.7. The van der Waals surface area contributed by atoms with Crippen LogP contribution in [0.25, 0.3) is 0 Å². The first-order valence-corrected chi connectivity index (χ1v) is 6.25. The normalized spacial score (nSPS) is 10.0. The molecule has 6 heteroatoms. The van der Waals surface area contributed by atoms with Crippen molar-refractivity contribution in [2.75, 3.05) is 19.5 Å². The van der Waals surface area contributed by atoms with Gasteiger partial charge >= 0.3 is 0 Å². The van der Waals surface area contributed by atoms with E-state index in [2.05, 4.69) is 11.4 Å². The number of anilines is 1. The predicted molar refractivity (Wildman–Crippen MR) is 78.8 cm³/mol. The predicted octanol–water partition coefficient (Wildman–Crippen LogP) is 3.02. The Morgan fingerprint density at radius 1 is 1.24 bits per heavy atom. The largest absolute Gasteiger partial charge is 0.497 e. The first-order valence-electron chi connectivity index (χ1n) is 6.25. The highest BCUT2D eigenvalue weighted by molar-refractivity contribution is 5.51. The van der Waals surface area contributed by atoms with Crippen LogP contribution < -0.4 is 14.8 Å². The van der Waals surface area contributed by atoms with E-state index in [1.165, 1.54) is 18.2 Å². The monoisotopic (exact) mass is 287 g/mol. The van der Waals surface area contributed by atoms with Gasteiger partial charge in [0, 0.05) is 42.1 Å². The molecule has 1 N–H and O–H groups in total. The van der Waals surface area contributed by atoms with E-state index >= 15 is 0 Å². The number of methoxy groups -OCH3 is 2. The third kappa shape index (κ3) is 3.62. The SMILES string of the molecule is COc1ccc(CNc2[c]ccc([N+](=O)[O-])c2)c(OC)c1. The van der Waals surface area contributed by atoms with Crippen LogP contribution in [0.15, 0.2) is 36.4 Å². The van der Waals surface area contributed by atoms with Crippen molar-refractivity contribution in [1.82, 2.24) is 0 Å². The second kappa shape index (κ2) is 6.60. The Hall–Kier alpha value is -2.76. The van der Waals surface area contributed by atoms with Crippen LogP contribution in [0.5, 0.6) is 11.5 Å². The lowest BCUT2D eigenvalue weighted by atomic mass is 10.2. The average Bonchev–Trinajstić information content (AvgIpc) is 2.53. The number of hydrogen-bond acceptors (Lipinski definition) is 5. The van der Waals surface area contributed by atoms with Crippen molar-refractivity contribution in [2.45, 2.75) is 6.54 Å². The van der Waals surface area contributed by atoms with E-state index in [1.807, 2.05) is 12.1 Å². The van der Waals surface area contributed by atoms with Crippen LogP contribution in [0.3, 0.4) is 0 Å². The van der Waals surface area contributed by atoms with Crippen molar-refractivity contribution in [3.8, 4) is 11.5 Å². The first-order chi connectivity index (χ1) is 10.1. The molecule has 0 aliphatic heterocycles. The summed E-state index contributed by atoms with van der Waals surface area (Å²) >= 11 is 0. The van der Waals surface area contributed by atoms with E-state index in [1.54, 1.807) is 20.3 Å². The van der Waals surface area contributed by atoms with E-state index in [0.29, 0.717) is 23.7 Å². The lowest BCUT2D eigenvalue weighted by Gasteiger charge is -2.11. The Balaban J connectivity index is 2.12. The molecule has 0 atom stereocenters. The zero-order valence-electron chi connectivity index (χ0n) is 11.8. The van der Waals surface area contributed by atoms with Gasteiger partial charge in [-0.15, -0.1) is 0 Å². The molecule has 1 radical (unpaired) electrons. The summed E-state index contributed by atoms with van der Waals surface area (Å²) in [5.41, 5.74) is 1.50. The minimum absolute atomic E-state index is 0.0259.